The van der Waals surface area contributed by atoms with Crippen LogP contribution < -0.4 is 4.74 Å². The van der Waals surface area contributed by atoms with Crippen molar-refractivity contribution in [3.8, 4) is 5.75 Å². The first kappa shape index (κ1) is 12.9. The molecule has 1 unspecified atom stereocenters. The van der Waals surface area contributed by atoms with Gasteiger partial charge in [-0.2, -0.15) is 0 Å². The molecule has 0 saturated carbocycles. The summed E-state index contributed by atoms with van der Waals surface area (Å²) in [6, 6.07) is 3.83. The minimum atomic E-state index is -1.44. The third kappa shape index (κ3) is 2.21. The highest BCUT2D eigenvalue weighted by Crippen LogP contribution is 2.30. The average molecular weight is 269 g/mol. The van der Waals surface area contributed by atoms with Crippen molar-refractivity contribution >= 4 is 17.6 Å². The van der Waals surface area contributed by atoms with Gasteiger partial charge < -0.3 is 14.6 Å². The van der Waals surface area contributed by atoms with Gasteiger partial charge in [0.05, 0.1) is 0 Å². The molecule has 0 spiro atoms. The quantitative estimate of drug-likeness (QED) is 0.837. The Bertz CT molecular complexity index is 548. The van der Waals surface area contributed by atoms with E-state index in [4.69, 9.17) is 16.3 Å². The molecule has 1 heterocycles. The van der Waals surface area contributed by atoms with Crippen LogP contribution >= 0.6 is 11.6 Å². The number of cyclic esters (lactones) is 1. The van der Waals surface area contributed by atoms with Crippen LogP contribution in [0.1, 0.15) is 16.7 Å². The second-order valence-electron chi connectivity index (χ2n) is 4.24. The summed E-state index contributed by atoms with van der Waals surface area (Å²) in [6.45, 7) is 5.78. The molecule has 0 aromatic heterocycles. The Morgan fingerprint density at radius 1 is 1.33 bits per heavy atom. The van der Waals surface area contributed by atoms with Gasteiger partial charge in [-0.1, -0.05) is 17.7 Å². The number of aliphatic hydroxyl groups is 1. The topological polar surface area (TPSA) is 55.8 Å². The number of ether oxygens (including phenoxy) is 2. The highest BCUT2D eigenvalue weighted by Gasteiger charge is 2.34. The molecular formula is C13H13ClO4. The SMILES string of the molecule is Cc1cc(C)c(C)c(OC2=C(Cl)C(=O)OC2O)c1. The number of esters is 1. The molecule has 2 rings (SSSR count). The zero-order valence-electron chi connectivity index (χ0n) is 10.3. The van der Waals surface area contributed by atoms with Crippen LogP contribution in [0.15, 0.2) is 22.9 Å². The molecule has 0 radical (unpaired) electrons. The van der Waals surface area contributed by atoms with Gasteiger partial charge in [-0.05, 0) is 43.5 Å². The van der Waals surface area contributed by atoms with E-state index in [-0.39, 0.29) is 10.8 Å². The Balaban J connectivity index is 2.38. The molecule has 0 fully saturated rings. The van der Waals surface area contributed by atoms with Crippen molar-refractivity contribution < 1.29 is 19.4 Å². The van der Waals surface area contributed by atoms with Gasteiger partial charge in [0.2, 0.25) is 0 Å². The molecule has 1 aliphatic heterocycles. The van der Waals surface area contributed by atoms with Crippen LogP contribution in [-0.4, -0.2) is 17.4 Å². The zero-order chi connectivity index (χ0) is 13.4. The second kappa shape index (κ2) is 4.63. The molecule has 0 aliphatic carbocycles. The molecule has 1 N–H and O–H groups in total. The molecule has 1 atom stereocenters. The average Bonchev–Trinajstić information content (AvgIpc) is 2.52. The van der Waals surface area contributed by atoms with E-state index in [1.165, 1.54) is 0 Å². The van der Waals surface area contributed by atoms with Crippen molar-refractivity contribution in [2.45, 2.75) is 27.1 Å². The summed E-state index contributed by atoms with van der Waals surface area (Å²) in [5, 5.41) is 9.29. The van der Waals surface area contributed by atoms with E-state index < -0.39 is 12.3 Å². The molecule has 1 aliphatic rings. The van der Waals surface area contributed by atoms with E-state index in [0.717, 1.165) is 16.7 Å². The molecule has 0 bridgehead atoms. The van der Waals surface area contributed by atoms with Crippen molar-refractivity contribution in [2.24, 2.45) is 0 Å². The minimum Gasteiger partial charge on any atom is -0.453 e. The van der Waals surface area contributed by atoms with Crippen LogP contribution in [0.5, 0.6) is 5.75 Å². The van der Waals surface area contributed by atoms with Gasteiger partial charge in [-0.15, -0.1) is 0 Å². The van der Waals surface area contributed by atoms with E-state index in [1.54, 1.807) is 0 Å². The summed E-state index contributed by atoms with van der Waals surface area (Å²) in [5.74, 6) is -0.283. The first-order chi connectivity index (χ1) is 8.40. The van der Waals surface area contributed by atoms with Crippen molar-refractivity contribution in [3.63, 3.8) is 0 Å². The number of carbonyl (C=O) groups is 1. The number of hydrogen-bond acceptors (Lipinski definition) is 4. The van der Waals surface area contributed by atoms with Crippen molar-refractivity contribution in [1.29, 1.82) is 0 Å². The molecule has 1 aromatic rings. The number of hydrogen-bond donors (Lipinski definition) is 1. The standard InChI is InChI=1S/C13H13ClO4/c1-6-4-7(2)8(3)9(5-6)17-11-10(14)12(15)18-13(11)16/h4-5,13,16H,1-3H3. The Morgan fingerprint density at radius 3 is 2.56 bits per heavy atom. The first-order valence-corrected chi connectivity index (χ1v) is 5.82. The zero-order valence-corrected chi connectivity index (χ0v) is 11.0. The molecular weight excluding hydrogens is 256 g/mol. The van der Waals surface area contributed by atoms with Crippen LogP contribution in [0, 0.1) is 20.8 Å². The lowest BCUT2D eigenvalue weighted by atomic mass is 10.1. The van der Waals surface area contributed by atoms with E-state index in [1.807, 2.05) is 32.9 Å². The normalized spacial score (nSPS) is 19.2. The summed E-state index contributed by atoms with van der Waals surface area (Å²) in [7, 11) is 0. The van der Waals surface area contributed by atoms with Gasteiger partial charge >= 0.3 is 5.97 Å². The lowest BCUT2D eigenvalue weighted by Crippen LogP contribution is -2.14. The monoisotopic (exact) mass is 268 g/mol. The third-order valence-corrected chi connectivity index (χ3v) is 3.16. The molecule has 1 aromatic carbocycles. The Kier molecular flexibility index (Phi) is 3.32. The van der Waals surface area contributed by atoms with Crippen LogP contribution in [0.25, 0.3) is 0 Å². The van der Waals surface area contributed by atoms with Gasteiger partial charge in [-0.3, -0.25) is 0 Å². The van der Waals surface area contributed by atoms with E-state index in [2.05, 4.69) is 4.74 Å². The lowest BCUT2D eigenvalue weighted by Gasteiger charge is -2.14. The second-order valence-corrected chi connectivity index (χ2v) is 4.62. The number of rotatable bonds is 2. The summed E-state index contributed by atoms with van der Waals surface area (Å²) >= 11 is 5.73. The van der Waals surface area contributed by atoms with Gasteiger partial charge in [0.15, 0.2) is 10.8 Å². The van der Waals surface area contributed by atoms with E-state index in [9.17, 15) is 9.90 Å². The summed E-state index contributed by atoms with van der Waals surface area (Å²) < 4.78 is 10.1. The van der Waals surface area contributed by atoms with Crippen molar-refractivity contribution in [3.05, 3.63) is 39.6 Å². The van der Waals surface area contributed by atoms with Crippen molar-refractivity contribution in [1.82, 2.24) is 0 Å². The number of aryl methyl sites for hydroxylation is 2. The molecule has 4 nitrogen and oxygen atoms in total. The van der Waals surface area contributed by atoms with Crippen LogP contribution in [-0.2, 0) is 9.53 Å². The Morgan fingerprint density at radius 2 is 2.00 bits per heavy atom. The smallest absolute Gasteiger partial charge is 0.356 e. The Labute approximate surface area is 110 Å². The first-order valence-electron chi connectivity index (χ1n) is 5.44. The summed E-state index contributed by atoms with van der Waals surface area (Å²) in [5.41, 5.74) is 3.00. The van der Waals surface area contributed by atoms with Gasteiger partial charge in [0, 0.05) is 0 Å². The summed E-state index contributed by atoms with van der Waals surface area (Å²) in [4.78, 5) is 11.2. The van der Waals surface area contributed by atoms with Gasteiger partial charge in [0.25, 0.3) is 6.29 Å². The predicted octanol–water partition coefficient (Wildman–Crippen LogP) is 2.32. The fraction of sp³-hybridized carbons (Fsp3) is 0.308. The molecule has 18 heavy (non-hydrogen) atoms. The number of benzene rings is 1. The molecule has 5 heteroatoms. The van der Waals surface area contributed by atoms with Crippen LogP contribution in [0.2, 0.25) is 0 Å². The maximum Gasteiger partial charge on any atom is 0.356 e. The maximum absolute atomic E-state index is 11.2. The van der Waals surface area contributed by atoms with Crippen LogP contribution in [0.4, 0.5) is 0 Å². The van der Waals surface area contributed by atoms with Crippen molar-refractivity contribution in [2.75, 3.05) is 0 Å². The largest absolute Gasteiger partial charge is 0.453 e. The number of carbonyl (C=O) groups excluding carboxylic acids is 1. The maximum atomic E-state index is 11.2. The highest BCUT2D eigenvalue weighted by atomic mass is 35.5. The van der Waals surface area contributed by atoms with E-state index in [0.29, 0.717) is 5.75 Å². The third-order valence-electron chi connectivity index (χ3n) is 2.82. The molecule has 0 saturated heterocycles. The lowest BCUT2D eigenvalue weighted by molar-refractivity contribution is -0.153. The molecule has 0 amide bonds. The number of halogens is 1. The van der Waals surface area contributed by atoms with Crippen LogP contribution in [0.3, 0.4) is 0 Å². The minimum absolute atomic E-state index is 0.0604. The number of aliphatic hydroxyl groups excluding tert-OH is 1. The predicted molar refractivity (Wildman–Crippen MR) is 66.3 cm³/mol. The van der Waals surface area contributed by atoms with Gasteiger partial charge in [-0.25, -0.2) is 4.79 Å². The fourth-order valence-corrected chi connectivity index (χ4v) is 1.91. The molecule has 96 valence electrons. The fourth-order valence-electron chi connectivity index (χ4n) is 1.74. The van der Waals surface area contributed by atoms with E-state index >= 15 is 0 Å². The highest BCUT2D eigenvalue weighted by molar-refractivity contribution is 6.42. The summed E-state index contributed by atoms with van der Waals surface area (Å²) in [6.07, 6.45) is -1.44. The van der Waals surface area contributed by atoms with Gasteiger partial charge in [0.1, 0.15) is 5.75 Å². The Hall–Kier alpha value is -1.52.